The Morgan fingerprint density at radius 1 is 1.35 bits per heavy atom. The number of halogens is 1. The SMILES string of the molecule is O=C(c1ccc(I)cc1)N1CCCC[C@@H]1CO. The zero-order chi connectivity index (χ0) is 12.3. The first-order valence-corrected chi connectivity index (χ1v) is 6.97. The predicted octanol–water partition coefficient (Wildman–Crippen LogP) is 2.28. The fourth-order valence-corrected chi connectivity index (χ4v) is 2.58. The minimum Gasteiger partial charge on any atom is -0.394 e. The minimum absolute atomic E-state index is 0.00414. The Balaban J connectivity index is 2.15. The first-order valence-electron chi connectivity index (χ1n) is 5.90. The quantitative estimate of drug-likeness (QED) is 0.836. The number of likely N-dealkylation sites (tertiary alicyclic amines) is 1. The number of amides is 1. The lowest BCUT2D eigenvalue weighted by molar-refractivity contribution is 0.0503. The second-order valence-electron chi connectivity index (χ2n) is 4.34. The third-order valence-corrected chi connectivity index (χ3v) is 3.91. The Bertz CT molecular complexity index is 391. The van der Waals surface area contributed by atoms with E-state index in [0.717, 1.165) is 29.4 Å². The van der Waals surface area contributed by atoms with E-state index < -0.39 is 0 Å². The van der Waals surface area contributed by atoms with E-state index in [-0.39, 0.29) is 18.6 Å². The van der Waals surface area contributed by atoms with Gasteiger partial charge in [-0.05, 0) is 66.1 Å². The molecular formula is C13H16INO2. The summed E-state index contributed by atoms with van der Waals surface area (Å²) in [7, 11) is 0. The predicted molar refractivity (Wildman–Crippen MR) is 74.9 cm³/mol. The lowest BCUT2D eigenvalue weighted by Crippen LogP contribution is -2.45. The van der Waals surface area contributed by atoms with Crippen molar-refractivity contribution in [3.63, 3.8) is 0 Å². The summed E-state index contributed by atoms with van der Waals surface area (Å²) in [4.78, 5) is 14.1. The van der Waals surface area contributed by atoms with Gasteiger partial charge in [-0.25, -0.2) is 0 Å². The highest BCUT2D eigenvalue weighted by molar-refractivity contribution is 14.1. The van der Waals surface area contributed by atoms with Crippen molar-refractivity contribution in [3.05, 3.63) is 33.4 Å². The minimum atomic E-state index is -0.00414. The van der Waals surface area contributed by atoms with Crippen LogP contribution in [0.4, 0.5) is 0 Å². The van der Waals surface area contributed by atoms with Crippen LogP contribution in [0.25, 0.3) is 0 Å². The topological polar surface area (TPSA) is 40.5 Å². The molecule has 1 aromatic rings. The van der Waals surface area contributed by atoms with E-state index in [9.17, 15) is 9.90 Å². The number of piperidine rings is 1. The van der Waals surface area contributed by atoms with Crippen LogP contribution in [0, 0.1) is 3.57 Å². The average Bonchev–Trinajstić information content (AvgIpc) is 2.39. The first kappa shape index (κ1) is 12.8. The second-order valence-corrected chi connectivity index (χ2v) is 5.58. The van der Waals surface area contributed by atoms with Crippen molar-refractivity contribution >= 4 is 28.5 Å². The van der Waals surface area contributed by atoms with Crippen LogP contribution >= 0.6 is 22.6 Å². The van der Waals surface area contributed by atoms with Crippen LogP contribution in [0.15, 0.2) is 24.3 Å². The molecule has 1 atom stereocenters. The number of carbonyl (C=O) groups excluding carboxylic acids is 1. The van der Waals surface area contributed by atoms with Gasteiger partial charge in [-0.2, -0.15) is 0 Å². The number of nitrogens with zero attached hydrogens (tertiary/aromatic N) is 1. The second kappa shape index (κ2) is 5.82. The molecule has 2 rings (SSSR count). The summed E-state index contributed by atoms with van der Waals surface area (Å²) in [6.45, 7) is 0.826. The molecule has 92 valence electrons. The van der Waals surface area contributed by atoms with Gasteiger partial charge >= 0.3 is 0 Å². The molecule has 1 N–H and O–H groups in total. The monoisotopic (exact) mass is 345 g/mol. The van der Waals surface area contributed by atoms with E-state index in [0.29, 0.717) is 5.56 Å². The molecule has 0 bridgehead atoms. The van der Waals surface area contributed by atoms with E-state index >= 15 is 0 Å². The Hall–Kier alpha value is -0.620. The molecule has 17 heavy (non-hydrogen) atoms. The van der Waals surface area contributed by atoms with Crippen molar-refractivity contribution in [2.75, 3.05) is 13.2 Å². The average molecular weight is 345 g/mol. The molecule has 1 fully saturated rings. The van der Waals surface area contributed by atoms with Gasteiger partial charge in [0.2, 0.25) is 0 Å². The summed E-state index contributed by atoms with van der Waals surface area (Å²) in [6.07, 6.45) is 3.04. The number of benzene rings is 1. The first-order chi connectivity index (χ1) is 8.22. The summed E-state index contributed by atoms with van der Waals surface area (Å²) in [5.74, 6) is 0.0418. The van der Waals surface area contributed by atoms with Gasteiger partial charge in [0.25, 0.3) is 5.91 Å². The normalized spacial score (nSPS) is 20.4. The summed E-state index contributed by atoms with van der Waals surface area (Å²) in [6, 6.07) is 7.58. The molecule has 0 aliphatic carbocycles. The van der Waals surface area contributed by atoms with Gasteiger partial charge in [0.1, 0.15) is 0 Å². The van der Waals surface area contributed by atoms with Gasteiger partial charge in [0.05, 0.1) is 12.6 Å². The largest absolute Gasteiger partial charge is 0.394 e. The molecule has 1 amide bonds. The number of rotatable bonds is 2. The van der Waals surface area contributed by atoms with Crippen molar-refractivity contribution in [1.82, 2.24) is 4.90 Å². The van der Waals surface area contributed by atoms with Gasteiger partial charge in [0.15, 0.2) is 0 Å². The van der Waals surface area contributed by atoms with Gasteiger partial charge in [0, 0.05) is 15.7 Å². The number of hydrogen-bond acceptors (Lipinski definition) is 2. The Kier molecular flexibility index (Phi) is 4.39. The number of aliphatic hydroxyl groups excluding tert-OH is 1. The van der Waals surface area contributed by atoms with Crippen molar-refractivity contribution in [2.45, 2.75) is 25.3 Å². The van der Waals surface area contributed by atoms with Crippen LogP contribution in [-0.4, -0.2) is 35.1 Å². The summed E-state index contributed by atoms with van der Waals surface area (Å²) in [5.41, 5.74) is 0.714. The number of hydrogen-bond donors (Lipinski definition) is 1. The van der Waals surface area contributed by atoms with Crippen molar-refractivity contribution in [3.8, 4) is 0 Å². The number of aliphatic hydroxyl groups is 1. The third kappa shape index (κ3) is 2.98. The lowest BCUT2D eigenvalue weighted by Gasteiger charge is -2.34. The maximum Gasteiger partial charge on any atom is 0.254 e. The molecule has 3 nitrogen and oxygen atoms in total. The summed E-state index contributed by atoms with van der Waals surface area (Å²) < 4.78 is 1.12. The van der Waals surface area contributed by atoms with Crippen LogP contribution in [0.1, 0.15) is 29.6 Å². The fraction of sp³-hybridized carbons (Fsp3) is 0.462. The molecule has 1 heterocycles. The van der Waals surface area contributed by atoms with Crippen LogP contribution in [0.2, 0.25) is 0 Å². The molecule has 1 aliphatic heterocycles. The molecule has 1 aromatic carbocycles. The van der Waals surface area contributed by atoms with E-state index in [2.05, 4.69) is 22.6 Å². The van der Waals surface area contributed by atoms with E-state index in [1.165, 1.54) is 0 Å². The van der Waals surface area contributed by atoms with Crippen molar-refractivity contribution in [1.29, 1.82) is 0 Å². The van der Waals surface area contributed by atoms with E-state index in [4.69, 9.17) is 0 Å². The maximum atomic E-state index is 12.3. The van der Waals surface area contributed by atoms with E-state index in [1.807, 2.05) is 29.2 Å². The van der Waals surface area contributed by atoms with Gasteiger partial charge in [-0.3, -0.25) is 4.79 Å². The summed E-state index contributed by atoms with van der Waals surface area (Å²) >= 11 is 2.22. The smallest absolute Gasteiger partial charge is 0.254 e. The standard InChI is InChI=1S/C13H16INO2/c14-11-6-4-10(5-7-11)13(17)15-8-2-1-3-12(15)9-16/h4-7,12,16H,1-3,8-9H2/t12-/m1/s1. The van der Waals surface area contributed by atoms with Crippen LogP contribution in [0.3, 0.4) is 0 Å². The van der Waals surface area contributed by atoms with Gasteiger partial charge < -0.3 is 10.0 Å². The molecule has 0 saturated carbocycles. The molecule has 4 heteroatoms. The van der Waals surface area contributed by atoms with Crippen LogP contribution in [-0.2, 0) is 0 Å². The molecule has 1 aliphatic rings. The van der Waals surface area contributed by atoms with E-state index in [1.54, 1.807) is 0 Å². The van der Waals surface area contributed by atoms with Gasteiger partial charge in [-0.15, -0.1) is 0 Å². The zero-order valence-corrected chi connectivity index (χ0v) is 11.8. The zero-order valence-electron chi connectivity index (χ0n) is 9.60. The molecule has 0 spiro atoms. The highest BCUT2D eigenvalue weighted by atomic mass is 127. The number of carbonyl (C=O) groups is 1. The summed E-state index contributed by atoms with van der Waals surface area (Å²) in [5, 5.41) is 9.31. The Labute approximate surface area is 115 Å². The maximum absolute atomic E-state index is 12.3. The molecule has 1 saturated heterocycles. The fourth-order valence-electron chi connectivity index (χ4n) is 2.22. The lowest BCUT2D eigenvalue weighted by atomic mass is 10.0. The Morgan fingerprint density at radius 3 is 2.71 bits per heavy atom. The highest BCUT2D eigenvalue weighted by Gasteiger charge is 2.26. The molecular weight excluding hydrogens is 329 g/mol. The van der Waals surface area contributed by atoms with Crippen LogP contribution < -0.4 is 0 Å². The van der Waals surface area contributed by atoms with Crippen LogP contribution in [0.5, 0.6) is 0 Å². The third-order valence-electron chi connectivity index (χ3n) is 3.19. The highest BCUT2D eigenvalue weighted by Crippen LogP contribution is 2.19. The molecule has 0 radical (unpaired) electrons. The van der Waals surface area contributed by atoms with Crippen molar-refractivity contribution in [2.24, 2.45) is 0 Å². The Morgan fingerprint density at radius 2 is 2.06 bits per heavy atom. The molecule has 0 aromatic heterocycles. The van der Waals surface area contributed by atoms with Gasteiger partial charge in [-0.1, -0.05) is 0 Å². The molecule has 0 unspecified atom stereocenters. The van der Waals surface area contributed by atoms with Crippen molar-refractivity contribution < 1.29 is 9.90 Å².